The summed E-state index contributed by atoms with van der Waals surface area (Å²) in [4.78, 5) is 3.29. The van der Waals surface area contributed by atoms with Crippen LogP contribution in [0.25, 0.3) is 10.9 Å². The van der Waals surface area contributed by atoms with Crippen LogP contribution < -0.4 is 10.1 Å². The second kappa shape index (κ2) is 5.63. The highest BCUT2D eigenvalue weighted by molar-refractivity contribution is 5.84. The molecule has 4 nitrogen and oxygen atoms in total. The van der Waals surface area contributed by atoms with Gasteiger partial charge in [-0.2, -0.15) is 0 Å². The highest BCUT2D eigenvalue weighted by Crippen LogP contribution is 2.23. The summed E-state index contributed by atoms with van der Waals surface area (Å²) in [6.07, 6.45) is 4.82. The highest BCUT2D eigenvalue weighted by atomic mass is 16.5. The summed E-state index contributed by atoms with van der Waals surface area (Å²) in [6.45, 7) is 2.69. The maximum absolute atomic E-state index is 5.61. The van der Waals surface area contributed by atoms with E-state index in [0.29, 0.717) is 6.10 Å². The van der Waals surface area contributed by atoms with Crippen LogP contribution in [0, 0.1) is 0 Å². The van der Waals surface area contributed by atoms with Gasteiger partial charge in [0, 0.05) is 36.8 Å². The Morgan fingerprint density at radius 3 is 3.21 bits per heavy atom. The van der Waals surface area contributed by atoms with E-state index in [-0.39, 0.29) is 0 Å². The molecular formula is C15H20N2O2. The van der Waals surface area contributed by atoms with Gasteiger partial charge in [0.05, 0.1) is 13.2 Å². The van der Waals surface area contributed by atoms with Gasteiger partial charge >= 0.3 is 0 Å². The van der Waals surface area contributed by atoms with Gasteiger partial charge in [-0.3, -0.25) is 0 Å². The van der Waals surface area contributed by atoms with Crippen molar-refractivity contribution in [3.8, 4) is 5.75 Å². The fourth-order valence-corrected chi connectivity index (χ4v) is 2.60. The highest BCUT2D eigenvalue weighted by Gasteiger charge is 2.14. The number of hydrogen-bond acceptors (Lipinski definition) is 3. The van der Waals surface area contributed by atoms with E-state index in [2.05, 4.69) is 28.6 Å². The van der Waals surface area contributed by atoms with Crippen molar-refractivity contribution in [1.29, 1.82) is 0 Å². The molecule has 0 saturated carbocycles. The van der Waals surface area contributed by atoms with E-state index in [1.165, 1.54) is 23.8 Å². The summed E-state index contributed by atoms with van der Waals surface area (Å²) >= 11 is 0. The Morgan fingerprint density at radius 1 is 1.47 bits per heavy atom. The Labute approximate surface area is 113 Å². The molecule has 102 valence electrons. The average molecular weight is 260 g/mol. The van der Waals surface area contributed by atoms with E-state index in [1.807, 2.05) is 6.07 Å². The lowest BCUT2D eigenvalue weighted by Gasteiger charge is -2.10. The predicted molar refractivity (Wildman–Crippen MR) is 75.5 cm³/mol. The molecule has 1 saturated heterocycles. The van der Waals surface area contributed by atoms with Crippen LogP contribution in [0.4, 0.5) is 0 Å². The van der Waals surface area contributed by atoms with Gasteiger partial charge in [0.15, 0.2) is 0 Å². The zero-order valence-corrected chi connectivity index (χ0v) is 11.2. The van der Waals surface area contributed by atoms with Crippen molar-refractivity contribution in [3.63, 3.8) is 0 Å². The minimum absolute atomic E-state index is 0.389. The Bertz CT molecular complexity index is 544. The Kier molecular flexibility index (Phi) is 3.71. The minimum Gasteiger partial charge on any atom is -0.497 e. The number of fused-ring (bicyclic) bond motifs is 1. The molecule has 1 aliphatic rings. The van der Waals surface area contributed by atoms with Crippen molar-refractivity contribution in [2.24, 2.45) is 0 Å². The van der Waals surface area contributed by atoms with Crippen molar-refractivity contribution in [3.05, 3.63) is 30.0 Å². The van der Waals surface area contributed by atoms with Crippen LogP contribution in [0.1, 0.15) is 18.4 Å². The topological polar surface area (TPSA) is 46.3 Å². The summed E-state index contributed by atoms with van der Waals surface area (Å²) in [5, 5.41) is 4.70. The third-order valence-electron chi connectivity index (χ3n) is 3.69. The van der Waals surface area contributed by atoms with Gasteiger partial charge in [-0.05, 0) is 36.6 Å². The molecule has 2 N–H and O–H groups in total. The van der Waals surface area contributed by atoms with Crippen LogP contribution in [0.15, 0.2) is 24.4 Å². The zero-order chi connectivity index (χ0) is 13.1. The first-order chi connectivity index (χ1) is 9.36. The number of aromatic nitrogens is 1. The molecule has 2 heterocycles. The van der Waals surface area contributed by atoms with Gasteiger partial charge in [0.2, 0.25) is 0 Å². The number of hydrogen-bond donors (Lipinski definition) is 2. The van der Waals surface area contributed by atoms with Crippen molar-refractivity contribution in [2.45, 2.75) is 25.5 Å². The van der Waals surface area contributed by atoms with Crippen molar-refractivity contribution >= 4 is 10.9 Å². The van der Waals surface area contributed by atoms with Crippen LogP contribution in [-0.2, 0) is 11.3 Å². The van der Waals surface area contributed by atoms with E-state index < -0.39 is 0 Å². The lowest BCUT2D eigenvalue weighted by molar-refractivity contribution is 0.110. The summed E-state index contributed by atoms with van der Waals surface area (Å²) in [5.41, 5.74) is 2.42. The molecule has 2 aromatic rings. The molecular weight excluding hydrogens is 240 g/mol. The first-order valence-electron chi connectivity index (χ1n) is 6.83. The molecule has 0 spiro atoms. The Balaban J connectivity index is 1.66. The number of ether oxygens (including phenoxy) is 2. The van der Waals surface area contributed by atoms with E-state index >= 15 is 0 Å². The number of benzene rings is 1. The molecule has 1 aromatic heterocycles. The number of H-pyrrole nitrogens is 1. The van der Waals surface area contributed by atoms with Crippen molar-refractivity contribution in [2.75, 3.05) is 20.3 Å². The molecule has 1 aromatic carbocycles. The molecule has 1 fully saturated rings. The predicted octanol–water partition coefficient (Wildman–Crippen LogP) is 2.45. The smallest absolute Gasteiger partial charge is 0.119 e. The van der Waals surface area contributed by atoms with Crippen molar-refractivity contribution < 1.29 is 9.47 Å². The van der Waals surface area contributed by atoms with Gasteiger partial charge in [-0.1, -0.05) is 0 Å². The van der Waals surface area contributed by atoms with E-state index in [1.54, 1.807) is 7.11 Å². The maximum Gasteiger partial charge on any atom is 0.119 e. The molecule has 1 unspecified atom stereocenters. The molecule has 19 heavy (non-hydrogen) atoms. The number of rotatable bonds is 5. The Morgan fingerprint density at radius 2 is 2.42 bits per heavy atom. The molecule has 0 radical (unpaired) electrons. The normalized spacial score (nSPS) is 19.1. The fraction of sp³-hybridized carbons (Fsp3) is 0.467. The average Bonchev–Trinajstić information content (AvgIpc) is 3.08. The quantitative estimate of drug-likeness (QED) is 0.868. The van der Waals surface area contributed by atoms with Gasteiger partial charge < -0.3 is 19.8 Å². The zero-order valence-electron chi connectivity index (χ0n) is 11.2. The SMILES string of the molecule is COc1ccc2[nH]cc(CNCC3CCCO3)c2c1. The van der Waals surface area contributed by atoms with Gasteiger partial charge in [-0.25, -0.2) is 0 Å². The minimum atomic E-state index is 0.389. The number of methoxy groups -OCH3 is 1. The maximum atomic E-state index is 5.61. The second-order valence-corrected chi connectivity index (χ2v) is 4.99. The van der Waals surface area contributed by atoms with Gasteiger partial charge in [0.25, 0.3) is 0 Å². The van der Waals surface area contributed by atoms with Crippen LogP contribution in [-0.4, -0.2) is 31.3 Å². The lowest BCUT2D eigenvalue weighted by Crippen LogP contribution is -2.25. The third-order valence-corrected chi connectivity index (χ3v) is 3.69. The second-order valence-electron chi connectivity index (χ2n) is 4.99. The van der Waals surface area contributed by atoms with Crippen LogP contribution >= 0.6 is 0 Å². The molecule has 3 rings (SSSR count). The largest absolute Gasteiger partial charge is 0.497 e. The van der Waals surface area contributed by atoms with Gasteiger partial charge in [0.1, 0.15) is 5.75 Å². The molecule has 0 amide bonds. The van der Waals surface area contributed by atoms with E-state index in [9.17, 15) is 0 Å². The number of nitrogens with one attached hydrogen (secondary N) is 2. The Hall–Kier alpha value is -1.52. The molecule has 1 atom stereocenters. The summed E-state index contributed by atoms with van der Waals surface area (Å²) < 4.78 is 10.9. The van der Waals surface area contributed by atoms with E-state index in [4.69, 9.17) is 9.47 Å². The summed E-state index contributed by atoms with van der Waals surface area (Å²) in [6, 6.07) is 6.11. The molecule has 0 aliphatic carbocycles. The fourth-order valence-electron chi connectivity index (χ4n) is 2.60. The monoisotopic (exact) mass is 260 g/mol. The third kappa shape index (κ3) is 2.74. The van der Waals surface area contributed by atoms with Crippen LogP contribution in [0.2, 0.25) is 0 Å². The summed E-state index contributed by atoms with van der Waals surface area (Å²) in [5.74, 6) is 0.896. The van der Waals surface area contributed by atoms with Crippen molar-refractivity contribution in [1.82, 2.24) is 10.3 Å². The van der Waals surface area contributed by atoms with Crippen LogP contribution in [0.3, 0.4) is 0 Å². The number of aromatic amines is 1. The van der Waals surface area contributed by atoms with Gasteiger partial charge in [-0.15, -0.1) is 0 Å². The lowest BCUT2D eigenvalue weighted by atomic mass is 10.1. The molecule has 0 bridgehead atoms. The summed E-state index contributed by atoms with van der Waals surface area (Å²) in [7, 11) is 1.70. The first-order valence-corrected chi connectivity index (χ1v) is 6.83. The molecule has 4 heteroatoms. The standard InChI is InChI=1S/C15H20N2O2/c1-18-12-4-5-15-14(7-12)11(9-17-15)8-16-10-13-3-2-6-19-13/h4-5,7,9,13,16-17H,2-3,6,8,10H2,1H3. The molecule has 1 aliphatic heterocycles. The first kappa shape index (κ1) is 12.5. The van der Waals surface area contributed by atoms with Crippen LogP contribution in [0.5, 0.6) is 5.75 Å². The van der Waals surface area contributed by atoms with E-state index in [0.717, 1.165) is 31.0 Å².